The first-order valence-electron chi connectivity index (χ1n) is 5.28. The number of nitrogens with zero attached hydrogens (tertiary/aromatic N) is 3. The molecule has 0 aliphatic rings. The lowest BCUT2D eigenvalue weighted by Gasteiger charge is -2.00. The fourth-order valence-electron chi connectivity index (χ4n) is 1.81. The van der Waals surface area contributed by atoms with Gasteiger partial charge in [-0.15, -0.1) is 0 Å². The highest BCUT2D eigenvalue weighted by molar-refractivity contribution is 5.84. The van der Waals surface area contributed by atoms with E-state index < -0.39 is 0 Å². The van der Waals surface area contributed by atoms with Crippen molar-refractivity contribution in [1.29, 1.82) is 0 Å². The van der Waals surface area contributed by atoms with Crippen molar-refractivity contribution < 1.29 is 0 Å². The van der Waals surface area contributed by atoms with Gasteiger partial charge in [0.2, 0.25) is 0 Å². The summed E-state index contributed by atoms with van der Waals surface area (Å²) in [5.41, 5.74) is 9.24. The quantitative estimate of drug-likeness (QED) is 0.663. The van der Waals surface area contributed by atoms with Gasteiger partial charge >= 0.3 is 0 Å². The molecular weight excluding hydrogens is 214 g/mol. The maximum Gasteiger partial charge on any atom is 0.183 e. The molecule has 0 aliphatic heterocycles. The van der Waals surface area contributed by atoms with E-state index in [1.165, 1.54) is 6.33 Å². The van der Waals surface area contributed by atoms with Crippen molar-refractivity contribution in [3.63, 3.8) is 0 Å². The van der Waals surface area contributed by atoms with E-state index in [4.69, 9.17) is 5.73 Å². The number of fused-ring (bicyclic) bond motifs is 1. The zero-order valence-corrected chi connectivity index (χ0v) is 9.31. The zero-order valence-electron chi connectivity index (χ0n) is 9.31. The van der Waals surface area contributed by atoms with Crippen LogP contribution in [-0.4, -0.2) is 19.9 Å². The van der Waals surface area contributed by atoms with Crippen LogP contribution < -0.4 is 5.73 Å². The first-order valence-corrected chi connectivity index (χ1v) is 5.28. The summed E-state index contributed by atoms with van der Waals surface area (Å²) in [5, 5.41) is 0. The van der Waals surface area contributed by atoms with Crippen LogP contribution in [0.5, 0.6) is 0 Å². The third kappa shape index (κ3) is 1.52. The van der Waals surface area contributed by atoms with Gasteiger partial charge in [0.15, 0.2) is 11.5 Å². The SMILES string of the molecule is Cc1ccccc1-c1nc2ncnc(N)c2[nH]1. The highest BCUT2D eigenvalue weighted by atomic mass is 15.0. The predicted octanol–water partition coefficient (Wildman–Crippen LogP) is 1.91. The average Bonchev–Trinajstić information content (AvgIpc) is 2.75. The number of hydrogen-bond donors (Lipinski definition) is 2. The molecule has 2 heterocycles. The number of nitrogen functional groups attached to an aromatic ring is 1. The molecular formula is C12H11N5. The molecule has 3 N–H and O–H groups in total. The number of benzene rings is 1. The van der Waals surface area contributed by atoms with E-state index in [2.05, 4.69) is 19.9 Å². The molecule has 5 heteroatoms. The van der Waals surface area contributed by atoms with E-state index in [1.807, 2.05) is 31.2 Å². The number of aryl methyl sites for hydroxylation is 1. The second-order valence-electron chi connectivity index (χ2n) is 3.86. The summed E-state index contributed by atoms with van der Waals surface area (Å²) >= 11 is 0. The summed E-state index contributed by atoms with van der Waals surface area (Å²) in [6.07, 6.45) is 1.42. The lowest BCUT2D eigenvalue weighted by atomic mass is 10.1. The first kappa shape index (κ1) is 9.77. The van der Waals surface area contributed by atoms with E-state index in [0.29, 0.717) is 17.0 Å². The molecule has 0 fully saturated rings. The number of H-pyrrole nitrogens is 1. The molecule has 3 aromatic rings. The number of hydrogen-bond acceptors (Lipinski definition) is 4. The van der Waals surface area contributed by atoms with Gasteiger partial charge in [0, 0.05) is 5.56 Å². The smallest absolute Gasteiger partial charge is 0.183 e. The largest absolute Gasteiger partial charge is 0.382 e. The van der Waals surface area contributed by atoms with Crippen molar-refractivity contribution in [2.24, 2.45) is 0 Å². The molecule has 0 unspecified atom stereocenters. The monoisotopic (exact) mass is 225 g/mol. The van der Waals surface area contributed by atoms with Crippen LogP contribution in [0.2, 0.25) is 0 Å². The van der Waals surface area contributed by atoms with E-state index >= 15 is 0 Å². The Balaban J connectivity index is 2.26. The Bertz CT molecular complexity index is 686. The van der Waals surface area contributed by atoms with E-state index in [9.17, 15) is 0 Å². The standard InChI is InChI=1S/C12H11N5/c1-7-4-2-3-5-8(7)11-16-9-10(13)14-6-15-12(9)17-11/h2-6H,1H3,(H3,13,14,15,16,17). The van der Waals surface area contributed by atoms with Crippen LogP contribution >= 0.6 is 0 Å². The van der Waals surface area contributed by atoms with Crippen LogP contribution in [-0.2, 0) is 0 Å². The number of rotatable bonds is 1. The molecule has 3 rings (SSSR count). The molecule has 0 atom stereocenters. The summed E-state index contributed by atoms with van der Waals surface area (Å²) in [5.74, 6) is 1.19. The number of anilines is 1. The Kier molecular flexibility index (Phi) is 2.04. The maximum absolute atomic E-state index is 5.76. The second-order valence-corrected chi connectivity index (χ2v) is 3.86. The third-order valence-electron chi connectivity index (χ3n) is 2.72. The average molecular weight is 225 g/mol. The molecule has 0 radical (unpaired) electrons. The van der Waals surface area contributed by atoms with Crippen LogP contribution in [0.1, 0.15) is 5.56 Å². The fourth-order valence-corrected chi connectivity index (χ4v) is 1.81. The Hall–Kier alpha value is -2.43. The van der Waals surface area contributed by atoms with Crippen molar-refractivity contribution in [2.75, 3.05) is 5.73 Å². The van der Waals surface area contributed by atoms with Crippen LogP contribution in [0.15, 0.2) is 30.6 Å². The van der Waals surface area contributed by atoms with Gasteiger partial charge in [-0.1, -0.05) is 24.3 Å². The summed E-state index contributed by atoms with van der Waals surface area (Å²) < 4.78 is 0. The van der Waals surface area contributed by atoms with Gasteiger partial charge < -0.3 is 10.7 Å². The predicted molar refractivity (Wildman–Crippen MR) is 66.3 cm³/mol. The Labute approximate surface area is 97.7 Å². The molecule has 0 spiro atoms. The lowest BCUT2D eigenvalue weighted by molar-refractivity contribution is 1.21. The van der Waals surface area contributed by atoms with Gasteiger partial charge in [-0.05, 0) is 12.5 Å². The number of nitrogens with one attached hydrogen (secondary N) is 1. The number of aromatic amines is 1. The van der Waals surface area contributed by atoms with Gasteiger partial charge in [-0.25, -0.2) is 15.0 Å². The minimum Gasteiger partial charge on any atom is -0.382 e. The van der Waals surface area contributed by atoms with Gasteiger partial charge in [0.1, 0.15) is 17.7 Å². The number of imidazole rings is 1. The van der Waals surface area contributed by atoms with Gasteiger partial charge in [0.05, 0.1) is 0 Å². The molecule has 0 bridgehead atoms. The van der Waals surface area contributed by atoms with Crippen LogP contribution in [0.25, 0.3) is 22.6 Å². The molecule has 84 valence electrons. The zero-order chi connectivity index (χ0) is 11.8. The van der Waals surface area contributed by atoms with Gasteiger partial charge in [0.25, 0.3) is 0 Å². The fraction of sp³-hybridized carbons (Fsp3) is 0.0833. The lowest BCUT2D eigenvalue weighted by Crippen LogP contribution is -1.91. The highest BCUT2D eigenvalue weighted by Crippen LogP contribution is 2.23. The summed E-state index contributed by atoms with van der Waals surface area (Å²) in [6, 6.07) is 8.02. The van der Waals surface area contributed by atoms with Crippen molar-refractivity contribution in [2.45, 2.75) is 6.92 Å². The molecule has 5 nitrogen and oxygen atoms in total. The van der Waals surface area contributed by atoms with Crippen LogP contribution in [0, 0.1) is 6.92 Å². The summed E-state index contributed by atoms with van der Waals surface area (Å²) in [7, 11) is 0. The first-order chi connectivity index (χ1) is 8.25. The summed E-state index contributed by atoms with van der Waals surface area (Å²) in [4.78, 5) is 15.6. The molecule has 0 aliphatic carbocycles. The Morgan fingerprint density at radius 2 is 2.00 bits per heavy atom. The second kappa shape index (κ2) is 3.55. The highest BCUT2D eigenvalue weighted by Gasteiger charge is 2.10. The minimum absolute atomic E-state index is 0.419. The van der Waals surface area contributed by atoms with E-state index in [1.54, 1.807) is 0 Å². The molecule has 17 heavy (non-hydrogen) atoms. The molecule has 0 saturated heterocycles. The normalized spacial score (nSPS) is 10.9. The number of nitrogens with two attached hydrogens (primary N) is 1. The maximum atomic E-state index is 5.76. The van der Waals surface area contributed by atoms with Gasteiger partial charge in [-0.3, -0.25) is 0 Å². The minimum atomic E-state index is 0.419. The van der Waals surface area contributed by atoms with E-state index in [0.717, 1.165) is 17.0 Å². The van der Waals surface area contributed by atoms with Crippen LogP contribution in [0.4, 0.5) is 5.82 Å². The van der Waals surface area contributed by atoms with E-state index in [-0.39, 0.29) is 0 Å². The molecule has 1 aromatic carbocycles. The van der Waals surface area contributed by atoms with Crippen molar-refractivity contribution in [3.05, 3.63) is 36.2 Å². The molecule has 2 aromatic heterocycles. The Morgan fingerprint density at radius 1 is 1.18 bits per heavy atom. The van der Waals surface area contributed by atoms with Crippen molar-refractivity contribution >= 4 is 17.0 Å². The molecule has 0 amide bonds. The number of aromatic nitrogens is 4. The van der Waals surface area contributed by atoms with Crippen molar-refractivity contribution in [1.82, 2.24) is 19.9 Å². The van der Waals surface area contributed by atoms with Gasteiger partial charge in [-0.2, -0.15) is 0 Å². The third-order valence-corrected chi connectivity index (χ3v) is 2.72. The Morgan fingerprint density at radius 3 is 2.76 bits per heavy atom. The van der Waals surface area contributed by atoms with Crippen molar-refractivity contribution in [3.8, 4) is 11.4 Å². The molecule has 0 saturated carbocycles. The summed E-state index contributed by atoms with van der Waals surface area (Å²) in [6.45, 7) is 2.04. The van der Waals surface area contributed by atoms with Crippen LogP contribution in [0.3, 0.4) is 0 Å². The topological polar surface area (TPSA) is 80.5 Å².